The third kappa shape index (κ3) is 3.64. The van der Waals surface area contributed by atoms with E-state index in [1.54, 1.807) is 48.8 Å². The number of carbonyl (C=O) groups excluding carboxylic acids is 1. The molecule has 6 nitrogen and oxygen atoms in total. The molecule has 0 atom stereocenters. The van der Waals surface area contributed by atoms with Gasteiger partial charge < -0.3 is 10.6 Å². The van der Waals surface area contributed by atoms with E-state index < -0.39 is 0 Å². The smallest absolute Gasteiger partial charge is 0.255 e. The summed E-state index contributed by atoms with van der Waals surface area (Å²) >= 11 is 0. The van der Waals surface area contributed by atoms with E-state index >= 15 is 0 Å². The van der Waals surface area contributed by atoms with Gasteiger partial charge in [0, 0.05) is 29.0 Å². The maximum absolute atomic E-state index is 12.6. The van der Waals surface area contributed by atoms with E-state index in [1.807, 2.05) is 30.3 Å². The van der Waals surface area contributed by atoms with Crippen molar-refractivity contribution in [3.63, 3.8) is 0 Å². The second-order valence-corrected chi connectivity index (χ2v) is 6.08. The zero-order valence-corrected chi connectivity index (χ0v) is 14.8. The van der Waals surface area contributed by atoms with Crippen LogP contribution < -0.4 is 10.6 Å². The van der Waals surface area contributed by atoms with Gasteiger partial charge in [0.05, 0.1) is 22.8 Å². The first-order valence-corrected chi connectivity index (χ1v) is 8.61. The van der Waals surface area contributed by atoms with E-state index in [0.717, 1.165) is 16.6 Å². The molecule has 0 aliphatic heterocycles. The van der Waals surface area contributed by atoms with E-state index in [1.165, 1.54) is 0 Å². The summed E-state index contributed by atoms with van der Waals surface area (Å²) in [5, 5.41) is 16.0. The lowest BCUT2D eigenvalue weighted by Crippen LogP contribution is -2.12. The molecule has 0 aliphatic rings. The Balaban J connectivity index is 1.57. The Morgan fingerprint density at radius 2 is 1.79 bits per heavy atom. The van der Waals surface area contributed by atoms with Gasteiger partial charge in [-0.3, -0.25) is 9.78 Å². The van der Waals surface area contributed by atoms with Gasteiger partial charge in [-0.1, -0.05) is 24.3 Å². The molecule has 0 bridgehead atoms. The van der Waals surface area contributed by atoms with Crippen LogP contribution in [0, 0.1) is 11.3 Å². The molecule has 0 spiro atoms. The molecule has 28 heavy (non-hydrogen) atoms. The fourth-order valence-corrected chi connectivity index (χ4v) is 2.85. The van der Waals surface area contributed by atoms with Gasteiger partial charge in [0.25, 0.3) is 5.91 Å². The molecule has 2 heterocycles. The predicted octanol–water partition coefficient (Wildman–Crippen LogP) is 4.50. The van der Waals surface area contributed by atoms with Crippen molar-refractivity contribution < 1.29 is 4.79 Å². The lowest BCUT2D eigenvalue weighted by molar-refractivity contribution is 0.102. The van der Waals surface area contributed by atoms with Crippen LogP contribution in [0.4, 0.5) is 17.2 Å². The Morgan fingerprint density at radius 3 is 2.68 bits per heavy atom. The SMILES string of the molecule is N#Cc1cccc(NC(=O)c2ccnc(Nc3cccc4cccnc34)c2)c1. The number of nitrogens with one attached hydrogen (secondary N) is 2. The summed E-state index contributed by atoms with van der Waals surface area (Å²) in [7, 11) is 0. The number of hydrogen-bond donors (Lipinski definition) is 2. The number of nitrogens with zero attached hydrogens (tertiary/aromatic N) is 3. The van der Waals surface area contributed by atoms with Crippen LogP contribution in [-0.4, -0.2) is 15.9 Å². The monoisotopic (exact) mass is 365 g/mol. The molecule has 2 aromatic heterocycles. The first-order valence-electron chi connectivity index (χ1n) is 8.61. The number of carbonyl (C=O) groups is 1. The first-order chi connectivity index (χ1) is 13.7. The summed E-state index contributed by atoms with van der Waals surface area (Å²) in [5.74, 6) is 0.258. The Bertz CT molecular complexity index is 1210. The number of rotatable bonds is 4. The summed E-state index contributed by atoms with van der Waals surface area (Å²) in [6, 6.07) is 21.8. The minimum absolute atomic E-state index is 0.281. The quantitative estimate of drug-likeness (QED) is 0.556. The van der Waals surface area contributed by atoms with Gasteiger partial charge in [0.1, 0.15) is 5.82 Å². The number of fused-ring (bicyclic) bond motifs is 1. The molecule has 0 saturated carbocycles. The molecule has 2 N–H and O–H groups in total. The zero-order valence-electron chi connectivity index (χ0n) is 14.8. The van der Waals surface area contributed by atoms with E-state index in [9.17, 15) is 4.79 Å². The molecule has 4 aromatic rings. The van der Waals surface area contributed by atoms with Crippen LogP contribution in [0.1, 0.15) is 15.9 Å². The van der Waals surface area contributed by atoms with Crippen molar-refractivity contribution in [2.75, 3.05) is 10.6 Å². The highest BCUT2D eigenvalue weighted by Crippen LogP contribution is 2.24. The molecule has 134 valence electrons. The average Bonchev–Trinajstić information content (AvgIpc) is 2.74. The minimum atomic E-state index is -0.281. The molecular weight excluding hydrogens is 350 g/mol. The highest BCUT2D eigenvalue weighted by molar-refractivity contribution is 6.05. The van der Waals surface area contributed by atoms with Gasteiger partial charge >= 0.3 is 0 Å². The lowest BCUT2D eigenvalue weighted by Gasteiger charge is -2.10. The Morgan fingerprint density at radius 1 is 0.929 bits per heavy atom. The summed E-state index contributed by atoms with van der Waals surface area (Å²) in [4.78, 5) is 21.3. The molecule has 0 fully saturated rings. The van der Waals surface area contributed by atoms with Crippen molar-refractivity contribution in [1.29, 1.82) is 5.26 Å². The highest BCUT2D eigenvalue weighted by Gasteiger charge is 2.09. The normalized spacial score (nSPS) is 10.2. The number of aromatic nitrogens is 2. The van der Waals surface area contributed by atoms with E-state index in [-0.39, 0.29) is 5.91 Å². The Labute approximate surface area is 161 Å². The molecule has 1 amide bonds. The molecule has 6 heteroatoms. The first kappa shape index (κ1) is 17.2. The molecule has 0 aliphatic carbocycles. The van der Waals surface area contributed by atoms with Crippen molar-refractivity contribution in [2.45, 2.75) is 0 Å². The average molecular weight is 365 g/mol. The second-order valence-electron chi connectivity index (χ2n) is 6.08. The van der Waals surface area contributed by atoms with Crippen molar-refractivity contribution in [1.82, 2.24) is 9.97 Å². The maximum Gasteiger partial charge on any atom is 0.255 e. The number of anilines is 3. The minimum Gasteiger partial charge on any atom is -0.338 e. The molecule has 0 unspecified atom stereocenters. The Kier molecular flexibility index (Phi) is 4.64. The third-order valence-electron chi connectivity index (χ3n) is 4.17. The lowest BCUT2D eigenvalue weighted by atomic mass is 10.2. The summed E-state index contributed by atoms with van der Waals surface area (Å²) in [5.41, 5.74) is 3.14. The van der Waals surface area contributed by atoms with Crippen molar-refractivity contribution in [2.24, 2.45) is 0 Å². The van der Waals surface area contributed by atoms with Crippen LogP contribution in [0.2, 0.25) is 0 Å². The summed E-state index contributed by atoms with van der Waals surface area (Å²) in [6.07, 6.45) is 3.31. The third-order valence-corrected chi connectivity index (χ3v) is 4.17. The summed E-state index contributed by atoms with van der Waals surface area (Å²) in [6.45, 7) is 0. The largest absolute Gasteiger partial charge is 0.338 e. The number of pyridine rings is 2. The van der Waals surface area contributed by atoms with Crippen molar-refractivity contribution in [3.8, 4) is 6.07 Å². The van der Waals surface area contributed by atoms with Crippen LogP contribution in [-0.2, 0) is 0 Å². The van der Waals surface area contributed by atoms with Gasteiger partial charge in [0.15, 0.2) is 0 Å². The molecule has 0 saturated heterocycles. The fourth-order valence-electron chi connectivity index (χ4n) is 2.85. The summed E-state index contributed by atoms with van der Waals surface area (Å²) < 4.78 is 0. The van der Waals surface area contributed by atoms with E-state index in [4.69, 9.17) is 5.26 Å². The standard InChI is InChI=1S/C22H15N5O/c23-14-15-4-1-7-18(12-15)26-22(28)17-9-11-24-20(13-17)27-19-8-2-5-16-6-3-10-25-21(16)19/h1-13H,(H,24,27)(H,26,28). The van der Waals surface area contributed by atoms with Gasteiger partial charge in [-0.15, -0.1) is 0 Å². The molecular formula is C22H15N5O. The maximum atomic E-state index is 12.6. The van der Waals surface area contributed by atoms with Crippen LogP contribution >= 0.6 is 0 Å². The van der Waals surface area contributed by atoms with Crippen LogP contribution in [0.5, 0.6) is 0 Å². The van der Waals surface area contributed by atoms with Crippen LogP contribution in [0.25, 0.3) is 10.9 Å². The molecule has 4 rings (SSSR count). The number of benzene rings is 2. The van der Waals surface area contributed by atoms with Crippen LogP contribution in [0.15, 0.2) is 79.1 Å². The van der Waals surface area contributed by atoms with E-state index in [0.29, 0.717) is 22.6 Å². The Hall–Kier alpha value is -4.24. The van der Waals surface area contributed by atoms with Gasteiger partial charge in [-0.25, -0.2) is 4.98 Å². The molecule has 2 aromatic carbocycles. The topological polar surface area (TPSA) is 90.7 Å². The zero-order chi connectivity index (χ0) is 19.3. The van der Waals surface area contributed by atoms with Crippen molar-refractivity contribution in [3.05, 3.63) is 90.3 Å². The van der Waals surface area contributed by atoms with Gasteiger partial charge in [0.2, 0.25) is 0 Å². The van der Waals surface area contributed by atoms with Crippen molar-refractivity contribution >= 4 is 34.0 Å². The number of amides is 1. The number of nitriles is 1. The number of hydrogen-bond acceptors (Lipinski definition) is 5. The predicted molar refractivity (Wildman–Crippen MR) is 108 cm³/mol. The highest BCUT2D eigenvalue weighted by atomic mass is 16.1. The van der Waals surface area contributed by atoms with E-state index in [2.05, 4.69) is 26.7 Å². The van der Waals surface area contributed by atoms with Gasteiger partial charge in [-0.05, 0) is 42.5 Å². The fraction of sp³-hybridized carbons (Fsp3) is 0. The van der Waals surface area contributed by atoms with Crippen LogP contribution in [0.3, 0.4) is 0 Å². The van der Waals surface area contributed by atoms with Gasteiger partial charge in [-0.2, -0.15) is 5.26 Å². The molecule has 0 radical (unpaired) electrons. The number of para-hydroxylation sites is 1. The second kappa shape index (κ2) is 7.56.